The summed E-state index contributed by atoms with van der Waals surface area (Å²) >= 11 is 7.91. The quantitative estimate of drug-likeness (QED) is 0.460. The molecule has 1 fully saturated rings. The molecular weight excluding hydrogens is 461 g/mol. The van der Waals surface area contributed by atoms with Crippen molar-refractivity contribution < 1.29 is 14.2 Å². The van der Waals surface area contributed by atoms with Crippen molar-refractivity contribution in [2.75, 3.05) is 33.4 Å². The SMILES string of the molecule is COc1ccc2ncc(Cl)c([C@H](F)CCC3(CO)CCN(CC#Cc4cscn4)CC3)c2c1. The lowest BCUT2D eigenvalue weighted by atomic mass is 9.74. The van der Waals surface area contributed by atoms with Crippen LogP contribution in [-0.2, 0) is 0 Å². The number of thiazole rings is 1. The largest absolute Gasteiger partial charge is 0.497 e. The van der Waals surface area contributed by atoms with E-state index in [-0.39, 0.29) is 12.0 Å². The van der Waals surface area contributed by atoms with Gasteiger partial charge in [0.1, 0.15) is 17.6 Å². The number of pyridine rings is 1. The van der Waals surface area contributed by atoms with Gasteiger partial charge in [0.2, 0.25) is 0 Å². The van der Waals surface area contributed by atoms with E-state index in [1.54, 1.807) is 24.8 Å². The summed E-state index contributed by atoms with van der Waals surface area (Å²) in [6.07, 6.45) is 2.76. The second-order valence-corrected chi connectivity index (χ2v) is 9.64. The van der Waals surface area contributed by atoms with E-state index >= 15 is 4.39 Å². The minimum Gasteiger partial charge on any atom is -0.497 e. The van der Waals surface area contributed by atoms with E-state index in [2.05, 4.69) is 26.7 Å². The zero-order valence-corrected chi connectivity index (χ0v) is 20.1. The fourth-order valence-electron chi connectivity index (χ4n) is 4.38. The number of aliphatic hydroxyl groups is 1. The van der Waals surface area contributed by atoms with Crippen LogP contribution < -0.4 is 4.74 Å². The lowest BCUT2D eigenvalue weighted by Crippen LogP contribution is -2.42. The van der Waals surface area contributed by atoms with E-state index in [9.17, 15) is 5.11 Å². The molecule has 8 heteroatoms. The first kappa shape index (κ1) is 23.9. The first-order valence-corrected chi connectivity index (χ1v) is 12.3. The molecule has 5 nitrogen and oxygen atoms in total. The smallest absolute Gasteiger partial charge is 0.127 e. The van der Waals surface area contributed by atoms with Crippen molar-refractivity contribution in [2.24, 2.45) is 5.41 Å². The number of alkyl halides is 1. The van der Waals surface area contributed by atoms with Crippen LogP contribution in [0, 0.1) is 17.3 Å². The number of nitrogens with zero attached hydrogens (tertiary/aromatic N) is 3. The number of rotatable bonds is 7. The Balaban J connectivity index is 1.39. The Kier molecular flexibility index (Phi) is 7.82. The molecule has 174 valence electrons. The molecule has 0 saturated carbocycles. The van der Waals surface area contributed by atoms with Crippen LogP contribution >= 0.6 is 22.9 Å². The molecule has 0 aliphatic carbocycles. The summed E-state index contributed by atoms with van der Waals surface area (Å²) in [5, 5.41) is 13.1. The zero-order chi connectivity index (χ0) is 23.3. The average Bonchev–Trinajstić information content (AvgIpc) is 3.36. The average molecular weight is 488 g/mol. The highest BCUT2D eigenvalue weighted by Crippen LogP contribution is 2.41. The predicted molar refractivity (Wildman–Crippen MR) is 131 cm³/mol. The van der Waals surface area contributed by atoms with Crippen molar-refractivity contribution in [3.05, 3.63) is 51.6 Å². The van der Waals surface area contributed by atoms with Crippen LogP contribution in [0.1, 0.15) is 43.1 Å². The van der Waals surface area contributed by atoms with Crippen LogP contribution in [-0.4, -0.2) is 53.3 Å². The van der Waals surface area contributed by atoms with E-state index in [0.29, 0.717) is 46.6 Å². The number of hydrogen-bond acceptors (Lipinski definition) is 6. The van der Waals surface area contributed by atoms with E-state index < -0.39 is 6.17 Å². The van der Waals surface area contributed by atoms with Gasteiger partial charge in [-0.25, -0.2) is 9.37 Å². The van der Waals surface area contributed by atoms with Crippen LogP contribution in [0.25, 0.3) is 10.9 Å². The van der Waals surface area contributed by atoms with Gasteiger partial charge in [0.15, 0.2) is 0 Å². The molecule has 33 heavy (non-hydrogen) atoms. The number of likely N-dealkylation sites (tertiary alicyclic amines) is 1. The Labute approximate surface area is 202 Å². The molecule has 1 atom stereocenters. The molecule has 1 aliphatic heterocycles. The molecule has 0 bridgehead atoms. The summed E-state index contributed by atoms with van der Waals surface area (Å²) in [4.78, 5) is 10.8. The molecule has 1 N–H and O–H groups in total. The number of ether oxygens (including phenoxy) is 1. The van der Waals surface area contributed by atoms with Crippen molar-refractivity contribution in [3.8, 4) is 17.6 Å². The van der Waals surface area contributed by atoms with E-state index in [1.807, 2.05) is 11.4 Å². The fourth-order valence-corrected chi connectivity index (χ4v) is 5.13. The number of fused-ring (bicyclic) bond motifs is 1. The second-order valence-electron chi connectivity index (χ2n) is 8.52. The molecule has 1 aromatic carbocycles. The Morgan fingerprint density at radius 1 is 1.33 bits per heavy atom. The molecule has 4 rings (SSSR count). The van der Waals surface area contributed by atoms with Crippen molar-refractivity contribution in [1.29, 1.82) is 0 Å². The molecule has 0 radical (unpaired) electrons. The number of methoxy groups -OCH3 is 1. The molecule has 0 spiro atoms. The maximum atomic E-state index is 15.5. The number of hydrogen-bond donors (Lipinski definition) is 1. The molecule has 2 aromatic heterocycles. The number of aliphatic hydroxyl groups excluding tert-OH is 1. The summed E-state index contributed by atoms with van der Waals surface area (Å²) in [5.74, 6) is 6.89. The molecule has 0 unspecified atom stereocenters. The number of halogens is 2. The monoisotopic (exact) mass is 487 g/mol. The molecule has 1 aliphatic rings. The first-order valence-electron chi connectivity index (χ1n) is 11.0. The van der Waals surface area contributed by atoms with Crippen LogP contribution in [0.3, 0.4) is 0 Å². The maximum absolute atomic E-state index is 15.5. The van der Waals surface area contributed by atoms with Crippen LogP contribution in [0.5, 0.6) is 5.75 Å². The van der Waals surface area contributed by atoms with Gasteiger partial charge in [-0.05, 0) is 68.3 Å². The summed E-state index contributed by atoms with van der Waals surface area (Å²) in [6.45, 7) is 2.39. The summed E-state index contributed by atoms with van der Waals surface area (Å²) in [7, 11) is 1.58. The van der Waals surface area contributed by atoms with Crippen LogP contribution in [0.4, 0.5) is 4.39 Å². The predicted octanol–water partition coefficient (Wildman–Crippen LogP) is 5.27. The zero-order valence-electron chi connectivity index (χ0n) is 18.6. The van der Waals surface area contributed by atoms with Crippen molar-refractivity contribution in [1.82, 2.24) is 14.9 Å². The van der Waals surface area contributed by atoms with E-state index in [1.165, 1.54) is 17.5 Å². The molecular formula is C25H27ClFN3O2S. The van der Waals surface area contributed by atoms with Gasteiger partial charge in [0.25, 0.3) is 0 Å². The van der Waals surface area contributed by atoms with Gasteiger partial charge in [-0.2, -0.15) is 0 Å². The van der Waals surface area contributed by atoms with Gasteiger partial charge < -0.3 is 9.84 Å². The minimum atomic E-state index is -1.25. The van der Waals surface area contributed by atoms with E-state index in [0.717, 1.165) is 31.6 Å². The summed E-state index contributed by atoms with van der Waals surface area (Å²) < 4.78 is 20.8. The van der Waals surface area contributed by atoms with Gasteiger partial charge in [0.05, 0.1) is 29.7 Å². The second kappa shape index (κ2) is 10.8. The topological polar surface area (TPSA) is 58.5 Å². The third kappa shape index (κ3) is 5.64. The maximum Gasteiger partial charge on any atom is 0.127 e. The van der Waals surface area contributed by atoms with Crippen molar-refractivity contribution in [2.45, 2.75) is 31.9 Å². The van der Waals surface area contributed by atoms with E-state index in [4.69, 9.17) is 16.3 Å². The highest BCUT2D eigenvalue weighted by atomic mass is 35.5. The Bertz CT molecular complexity index is 1140. The highest BCUT2D eigenvalue weighted by molar-refractivity contribution is 7.07. The normalized spacial score (nSPS) is 16.8. The van der Waals surface area contributed by atoms with Gasteiger partial charge >= 0.3 is 0 Å². The first-order chi connectivity index (χ1) is 16.0. The number of aromatic nitrogens is 2. The molecule has 3 heterocycles. The summed E-state index contributed by atoms with van der Waals surface area (Å²) in [5.41, 5.74) is 3.42. The van der Waals surface area contributed by atoms with Crippen LogP contribution in [0.2, 0.25) is 5.02 Å². The minimum absolute atomic E-state index is 0.0523. The van der Waals surface area contributed by atoms with Crippen molar-refractivity contribution in [3.63, 3.8) is 0 Å². The Morgan fingerprint density at radius 3 is 2.85 bits per heavy atom. The molecule has 1 saturated heterocycles. The lowest BCUT2D eigenvalue weighted by molar-refractivity contribution is 0.0344. The summed E-state index contributed by atoms with van der Waals surface area (Å²) in [6, 6.07) is 5.39. The Hall–Kier alpha value is -2.24. The molecule has 0 amide bonds. The van der Waals surface area contributed by atoms with Gasteiger partial charge in [-0.15, -0.1) is 11.3 Å². The molecule has 3 aromatic rings. The third-order valence-electron chi connectivity index (χ3n) is 6.51. The van der Waals surface area contributed by atoms with Crippen molar-refractivity contribution >= 4 is 33.8 Å². The number of benzene rings is 1. The van der Waals surface area contributed by atoms with Gasteiger partial charge in [0, 0.05) is 29.1 Å². The standard InChI is InChI=1S/C25H27ClFN3O2S/c1-32-19-4-5-23-20(13-19)24(21(26)14-28-23)22(27)6-7-25(16-31)8-11-30(12-9-25)10-2-3-18-15-33-17-29-18/h4-5,13-15,17,22,31H,6-12,16H2,1H3/t22-/m1/s1. The van der Waals surface area contributed by atoms with Crippen LogP contribution in [0.15, 0.2) is 35.3 Å². The Morgan fingerprint density at radius 2 is 2.15 bits per heavy atom. The number of piperidine rings is 1. The van der Waals surface area contributed by atoms with Gasteiger partial charge in [-0.3, -0.25) is 9.88 Å². The lowest BCUT2D eigenvalue weighted by Gasteiger charge is -2.40. The third-order valence-corrected chi connectivity index (χ3v) is 7.40. The highest BCUT2D eigenvalue weighted by Gasteiger charge is 2.35. The fraction of sp³-hybridized carbons (Fsp3) is 0.440. The van der Waals surface area contributed by atoms with Gasteiger partial charge in [-0.1, -0.05) is 17.5 Å².